The van der Waals surface area contributed by atoms with Crippen LogP contribution in [0.4, 0.5) is 11.5 Å². The highest BCUT2D eigenvalue weighted by atomic mass is 16.2. The van der Waals surface area contributed by atoms with Crippen molar-refractivity contribution in [1.29, 1.82) is 0 Å². The molecule has 1 fully saturated rings. The van der Waals surface area contributed by atoms with Crippen LogP contribution >= 0.6 is 0 Å². The number of carbonyl (C=O) groups excluding carboxylic acids is 1. The van der Waals surface area contributed by atoms with Gasteiger partial charge in [0.1, 0.15) is 5.82 Å². The second-order valence-corrected chi connectivity index (χ2v) is 5.97. The summed E-state index contributed by atoms with van der Waals surface area (Å²) < 4.78 is 0. The van der Waals surface area contributed by atoms with E-state index in [0.717, 1.165) is 26.2 Å². The molecule has 2 heterocycles. The third-order valence-electron chi connectivity index (χ3n) is 4.52. The summed E-state index contributed by atoms with van der Waals surface area (Å²) in [5.74, 6) is 0.458. The Kier molecular flexibility index (Phi) is 4.19. The maximum Gasteiger partial charge on any atom is 0.255 e. The highest BCUT2D eigenvalue weighted by Gasteiger charge is 2.23. The van der Waals surface area contributed by atoms with Crippen LogP contribution in [0.3, 0.4) is 0 Å². The van der Waals surface area contributed by atoms with Gasteiger partial charge >= 0.3 is 0 Å². The van der Waals surface area contributed by atoms with E-state index in [-0.39, 0.29) is 5.91 Å². The van der Waals surface area contributed by atoms with Crippen molar-refractivity contribution in [3.05, 3.63) is 53.2 Å². The Morgan fingerprint density at radius 3 is 2.48 bits per heavy atom. The summed E-state index contributed by atoms with van der Waals surface area (Å²) >= 11 is 0. The molecule has 120 valence electrons. The zero-order valence-corrected chi connectivity index (χ0v) is 13.6. The number of carbonyl (C=O) groups is 1. The smallest absolute Gasteiger partial charge is 0.255 e. The zero-order chi connectivity index (χ0) is 16.4. The number of nitrogen functional groups attached to an aromatic ring is 1. The molecule has 2 aromatic rings. The summed E-state index contributed by atoms with van der Waals surface area (Å²) in [6, 6.07) is 9.78. The van der Waals surface area contributed by atoms with E-state index in [1.165, 1.54) is 16.8 Å². The van der Waals surface area contributed by atoms with Crippen LogP contribution in [-0.4, -0.2) is 42.0 Å². The van der Waals surface area contributed by atoms with Gasteiger partial charge in [-0.2, -0.15) is 0 Å². The topological polar surface area (TPSA) is 62.5 Å². The fourth-order valence-corrected chi connectivity index (χ4v) is 2.94. The Bertz CT molecular complexity index is 703. The van der Waals surface area contributed by atoms with Crippen LogP contribution in [0.5, 0.6) is 0 Å². The Hall–Kier alpha value is -2.56. The molecule has 1 amide bonds. The van der Waals surface area contributed by atoms with Crippen LogP contribution in [0.25, 0.3) is 0 Å². The molecule has 3 rings (SSSR count). The van der Waals surface area contributed by atoms with Crippen molar-refractivity contribution >= 4 is 17.4 Å². The number of nitrogens with zero attached hydrogens (tertiary/aromatic N) is 3. The number of hydrogen-bond donors (Lipinski definition) is 1. The lowest BCUT2D eigenvalue weighted by molar-refractivity contribution is 0.0746. The number of pyridine rings is 1. The van der Waals surface area contributed by atoms with Crippen molar-refractivity contribution in [1.82, 2.24) is 9.88 Å². The molecule has 0 aliphatic carbocycles. The lowest BCUT2D eigenvalue weighted by atomic mass is 10.1. The van der Waals surface area contributed by atoms with E-state index in [2.05, 4.69) is 41.9 Å². The molecule has 0 bridgehead atoms. The monoisotopic (exact) mass is 310 g/mol. The van der Waals surface area contributed by atoms with Crippen LogP contribution < -0.4 is 10.6 Å². The van der Waals surface area contributed by atoms with Crippen LogP contribution in [0.15, 0.2) is 36.5 Å². The average molecular weight is 310 g/mol. The molecular formula is C18H22N4O. The zero-order valence-electron chi connectivity index (χ0n) is 13.6. The summed E-state index contributed by atoms with van der Waals surface area (Å²) in [6.45, 7) is 7.42. The average Bonchev–Trinajstić information content (AvgIpc) is 2.58. The predicted octanol–water partition coefficient (Wildman–Crippen LogP) is 2.24. The van der Waals surface area contributed by atoms with Crippen molar-refractivity contribution in [3.8, 4) is 0 Å². The second kappa shape index (κ2) is 6.28. The van der Waals surface area contributed by atoms with E-state index >= 15 is 0 Å². The molecule has 0 unspecified atom stereocenters. The number of amides is 1. The van der Waals surface area contributed by atoms with Gasteiger partial charge in [-0.1, -0.05) is 12.1 Å². The summed E-state index contributed by atoms with van der Waals surface area (Å²) in [5, 5.41) is 0. The predicted molar refractivity (Wildman–Crippen MR) is 92.7 cm³/mol. The third-order valence-corrected chi connectivity index (χ3v) is 4.52. The van der Waals surface area contributed by atoms with Gasteiger partial charge in [0, 0.05) is 38.1 Å². The molecule has 1 saturated heterocycles. The Morgan fingerprint density at radius 2 is 1.83 bits per heavy atom. The van der Waals surface area contributed by atoms with Gasteiger partial charge in [0.05, 0.1) is 5.56 Å². The summed E-state index contributed by atoms with van der Waals surface area (Å²) in [6.07, 6.45) is 1.55. The van der Waals surface area contributed by atoms with E-state index in [0.29, 0.717) is 11.4 Å². The molecule has 1 aliphatic rings. The van der Waals surface area contributed by atoms with E-state index in [4.69, 9.17) is 5.73 Å². The largest absolute Gasteiger partial charge is 0.384 e. The molecule has 1 aromatic heterocycles. The number of hydrogen-bond acceptors (Lipinski definition) is 4. The van der Waals surface area contributed by atoms with Gasteiger partial charge in [0.25, 0.3) is 5.91 Å². The van der Waals surface area contributed by atoms with Crippen LogP contribution in [0.2, 0.25) is 0 Å². The SMILES string of the molecule is Cc1cccc(N2CCN(C(=O)c3ccc(N)nc3)CC2)c1C. The van der Waals surface area contributed by atoms with Crippen LogP contribution in [0, 0.1) is 13.8 Å². The molecule has 5 nitrogen and oxygen atoms in total. The van der Waals surface area contributed by atoms with Gasteiger partial charge in [0.15, 0.2) is 0 Å². The number of nitrogens with two attached hydrogens (primary N) is 1. The maximum atomic E-state index is 12.5. The molecule has 5 heteroatoms. The first kappa shape index (κ1) is 15.3. The van der Waals surface area contributed by atoms with E-state index in [9.17, 15) is 4.79 Å². The number of rotatable bonds is 2. The Morgan fingerprint density at radius 1 is 1.09 bits per heavy atom. The standard InChI is InChI=1S/C18H22N4O/c1-13-4-3-5-16(14(13)2)21-8-10-22(11-9-21)18(23)15-6-7-17(19)20-12-15/h3-7,12H,8-11H2,1-2H3,(H2,19,20). The van der Waals surface area contributed by atoms with Crippen molar-refractivity contribution in [3.63, 3.8) is 0 Å². The quantitative estimate of drug-likeness (QED) is 0.924. The van der Waals surface area contributed by atoms with Gasteiger partial charge in [-0.15, -0.1) is 0 Å². The van der Waals surface area contributed by atoms with Crippen molar-refractivity contribution in [2.24, 2.45) is 0 Å². The molecule has 0 atom stereocenters. The first-order valence-corrected chi connectivity index (χ1v) is 7.88. The molecule has 0 spiro atoms. The number of benzene rings is 1. The number of aryl methyl sites for hydroxylation is 1. The Labute approximate surface area is 136 Å². The van der Waals surface area contributed by atoms with Gasteiger partial charge in [-0.05, 0) is 43.2 Å². The van der Waals surface area contributed by atoms with Gasteiger partial charge in [0.2, 0.25) is 0 Å². The highest BCUT2D eigenvalue weighted by Crippen LogP contribution is 2.24. The number of piperazine rings is 1. The third kappa shape index (κ3) is 3.13. The van der Waals surface area contributed by atoms with Crippen molar-refractivity contribution < 1.29 is 4.79 Å². The molecule has 0 saturated carbocycles. The van der Waals surface area contributed by atoms with E-state index < -0.39 is 0 Å². The molecular weight excluding hydrogens is 288 g/mol. The second-order valence-electron chi connectivity index (χ2n) is 5.97. The normalized spacial score (nSPS) is 14.9. The fraction of sp³-hybridized carbons (Fsp3) is 0.333. The first-order chi connectivity index (χ1) is 11.1. The van der Waals surface area contributed by atoms with E-state index in [1.54, 1.807) is 18.3 Å². The fourth-order valence-electron chi connectivity index (χ4n) is 2.94. The van der Waals surface area contributed by atoms with Gasteiger partial charge in [-0.3, -0.25) is 4.79 Å². The van der Waals surface area contributed by atoms with Crippen molar-refractivity contribution in [2.75, 3.05) is 36.8 Å². The minimum absolute atomic E-state index is 0.0260. The van der Waals surface area contributed by atoms with Gasteiger partial charge in [-0.25, -0.2) is 4.98 Å². The molecule has 0 radical (unpaired) electrons. The summed E-state index contributed by atoms with van der Waals surface area (Å²) in [7, 11) is 0. The highest BCUT2D eigenvalue weighted by molar-refractivity contribution is 5.94. The van der Waals surface area contributed by atoms with Crippen molar-refractivity contribution in [2.45, 2.75) is 13.8 Å². The minimum atomic E-state index is 0.0260. The molecule has 1 aromatic carbocycles. The first-order valence-electron chi connectivity index (χ1n) is 7.88. The molecule has 23 heavy (non-hydrogen) atoms. The maximum absolute atomic E-state index is 12.5. The number of anilines is 2. The lowest BCUT2D eigenvalue weighted by Crippen LogP contribution is -2.49. The minimum Gasteiger partial charge on any atom is -0.384 e. The van der Waals surface area contributed by atoms with Crippen LogP contribution in [-0.2, 0) is 0 Å². The molecule has 2 N–H and O–H groups in total. The van der Waals surface area contributed by atoms with Crippen LogP contribution in [0.1, 0.15) is 21.5 Å². The van der Waals surface area contributed by atoms with Gasteiger partial charge < -0.3 is 15.5 Å². The van der Waals surface area contributed by atoms with E-state index in [1.807, 2.05) is 4.90 Å². The summed E-state index contributed by atoms with van der Waals surface area (Å²) in [5.41, 5.74) is 10.1. The Balaban J connectivity index is 1.67. The molecule has 1 aliphatic heterocycles. The lowest BCUT2D eigenvalue weighted by Gasteiger charge is -2.37. The number of aromatic nitrogens is 1. The summed E-state index contributed by atoms with van der Waals surface area (Å²) in [4.78, 5) is 20.7.